The first kappa shape index (κ1) is 30.3. The lowest BCUT2D eigenvalue weighted by molar-refractivity contribution is -0.115. The molecule has 3 N–H and O–H groups in total. The summed E-state index contributed by atoms with van der Waals surface area (Å²) in [7, 11) is 0. The lowest BCUT2D eigenvalue weighted by Crippen LogP contribution is -2.15. The van der Waals surface area contributed by atoms with Gasteiger partial charge in [-0.2, -0.15) is 0 Å². The SMILES string of the molecule is C=C(Nc1ccc(Cl)c(C(=O)Nc2ccc(NC(=O)Cc3ccccc3)cc2)c1)C1C(c2cc(Cl)cc(Cl)c2)C1(Cl)Cl. The molecule has 5 rings (SSSR count). The van der Waals surface area contributed by atoms with E-state index in [1.807, 2.05) is 30.3 Å². The molecular weight excluding hydrogens is 636 g/mol. The Kier molecular flexibility index (Phi) is 9.07. The van der Waals surface area contributed by atoms with Crippen molar-refractivity contribution in [2.75, 3.05) is 16.0 Å². The molecule has 10 heteroatoms. The van der Waals surface area contributed by atoms with E-state index in [4.69, 9.17) is 58.0 Å². The number of carbonyl (C=O) groups excluding carboxylic acids is 2. The molecule has 0 radical (unpaired) electrons. The number of anilines is 3. The molecule has 4 aromatic carbocycles. The number of halogens is 5. The van der Waals surface area contributed by atoms with Gasteiger partial charge in [-0.3, -0.25) is 9.59 Å². The summed E-state index contributed by atoms with van der Waals surface area (Å²) in [6, 6.07) is 26.5. The van der Waals surface area contributed by atoms with Crippen molar-refractivity contribution < 1.29 is 9.59 Å². The summed E-state index contributed by atoms with van der Waals surface area (Å²) in [5, 5.41) is 10.1. The second-order valence-corrected chi connectivity index (χ2v) is 12.6. The number of nitrogens with one attached hydrogen (secondary N) is 3. The van der Waals surface area contributed by atoms with Crippen molar-refractivity contribution in [3.8, 4) is 0 Å². The third-order valence-corrected chi connectivity index (χ3v) is 8.53. The number of allylic oxidation sites excluding steroid dienone is 1. The zero-order chi connectivity index (χ0) is 30.0. The van der Waals surface area contributed by atoms with E-state index in [1.165, 1.54) is 0 Å². The summed E-state index contributed by atoms with van der Waals surface area (Å²) in [6.07, 6.45) is 0.266. The lowest BCUT2D eigenvalue weighted by Gasteiger charge is -2.13. The first-order chi connectivity index (χ1) is 20.0. The zero-order valence-electron chi connectivity index (χ0n) is 21.9. The van der Waals surface area contributed by atoms with E-state index in [2.05, 4.69) is 22.5 Å². The molecule has 4 aromatic rings. The molecule has 0 aliphatic heterocycles. The quantitative estimate of drug-likeness (QED) is 0.157. The summed E-state index contributed by atoms with van der Waals surface area (Å²) in [4.78, 5) is 25.4. The minimum Gasteiger partial charge on any atom is -0.359 e. The Bertz CT molecular complexity index is 1640. The van der Waals surface area contributed by atoms with Gasteiger partial charge in [-0.05, 0) is 71.8 Å². The maximum absolute atomic E-state index is 13.1. The fraction of sp³-hybridized carbons (Fsp3) is 0.125. The standard InChI is InChI=1S/C32H24Cl5N3O2/c1-18(29-30(32(29,36)37)20-14-21(33)16-22(34)15-20)38-25-11-12-27(35)26(17-25)31(42)40-24-9-7-23(8-10-24)39-28(41)13-19-5-3-2-4-6-19/h2-12,14-17,29-30,38H,1,13H2,(H,39,41)(H,40,42). The lowest BCUT2D eigenvalue weighted by atomic mass is 10.1. The average Bonchev–Trinajstić information content (AvgIpc) is 3.52. The zero-order valence-corrected chi connectivity index (χ0v) is 25.7. The summed E-state index contributed by atoms with van der Waals surface area (Å²) in [5.74, 6) is -1.13. The van der Waals surface area contributed by atoms with E-state index in [-0.39, 0.29) is 34.7 Å². The van der Waals surface area contributed by atoms with Crippen LogP contribution in [0.1, 0.15) is 27.4 Å². The second kappa shape index (κ2) is 12.6. The maximum atomic E-state index is 13.1. The Morgan fingerprint density at radius 1 is 0.738 bits per heavy atom. The molecule has 2 amide bonds. The van der Waals surface area contributed by atoms with Crippen LogP contribution in [0.4, 0.5) is 17.1 Å². The van der Waals surface area contributed by atoms with Gasteiger partial charge in [-0.1, -0.05) is 71.7 Å². The number of carbonyl (C=O) groups is 2. The molecule has 5 nitrogen and oxygen atoms in total. The highest BCUT2D eigenvalue weighted by molar-refractivity contribution is 6.52. The minimum atomic E-state index is -1.10. The van der Waals surface area contributed by atoms with Crippen LogP contribution >= 0.6 is 58.0 Å². The van der Waals surface area contributed by atoms with Gasteiger partial charge in [-0.25, -0.2) is 0 Å². The Morgan fingerprint density at radius 2 is 1.33 bits per heavy atom. The molecule has 42 heavy (non-hydrogen) atoms. The molecule has 0 spiro atoms. The fourth-order valence-corrected chi connectivity index (χ4v) is 6.43. The number of hydrogen-bond acceptors (Lipinski definition) is 3. The summed E-state index contributed by atoms with van der Waals surface area (Å²) in [5.41, 5.74) is 4.29. The van der Waals surface area contributed by atoms with Gasteiger partial charge >= 0.3 is 0 Å². The van der Waals surface area contributed by atoms with Crippen molar-refractivity contribution in [3.05, 3.63) is 135 Å². The molecule has 0 heterocycles. The van der Waals surface area contributed by atoms with Crippen LogP contribution in [0.15, 0.2) is 103 Å². The number of amides is 2. The fourth-order valence-electron chi connectivity index (χ4n) is 4.79. The van der Waals surface area contributed by atoms with Crippen LogP contribution in [-0.2, 0) is 11.2 Å². The third-order valence-electron chi connectivity index (χ3n) is 6.82. The highest BCUT2D eigenvalue weighted by Crippen LogP contribution is 2.67. The van der Waals surface area contributed by atoms with E-state index in [9.17, 15) is 9.59 Å². The van der Waals surface area contributed by atoms with Crippen LogP contribution < -0.4 is 16.0 Å². The predicted octanol–water partition coefficient (Wildman–Crippen LogP) is 9.59. The van der Waals surface area contributed by atoms with Gasteiger partial charge in [0.1, 0.15) is 4.33 Å². The van der Waals surface area contributed by atoms with Gasteiger partial charge in [0.2, 0.25) is 5.91 Å². The first-order valence-corrected chi connectivity index (χ1v) is 14.7. The predicted molar refractivity (Wildman–Crippen MR) is 175 cm³/mol. The largest absolute Gasteiger partial charge is 0.359 e. The summed E-state index contributed by atoms with van der Waals surface area (Å²) in [6.45, 7) is 4.14. The highest BCUT2D eigenvalue weighted by Gasteiger charge is 2.65. The molecule has 1 saturated carbocycles. The van der Waals surface area contributed by atoms with Crippen LogP contribution in [-0.4, -0.2) is 16.1 Å². The van der Waals surface area contributed by atoms with Gasteiger partial charge in [0, 0.05) is 44.6 Å². The Labute approximate surface area is 268 Å². The average molecular weight is 660 g/mol. The van der Waals surface area contributed by atoms with Gasteiger partial charge in [-0.15, -0.1) is 23.2 Å². The molecule has 2 unspecified atom stereocenters. The Morgan fingerprint density at radius 3 is 1.98 bits per heavy atom. The number of alkyl halides is 2. The molecule has 214 valence electrons. The van der Waals surface area contributed by atoms with Crippen LogP contribution in [0.2, 0.25) is 15.1 Å². The van der Waals surface area contributed by atoms with Crippen LogP contribution in [0.25, 0.3) is 0 Å². The van der Waals surface area contributed by atoms with E-state index < -0.39 is 10.2 Å². The van der Waals surface area contributed by atoms with E-state index >= 15 is 0 Å². The molecule has 0 bridgehead atoms. The van der Waals surface area contributed by atoms with Gasteiger partial charge in [0.05, 0.1) is 17.0 Å². The molecule has 1 aliphatic carbocycles. The van der Waals surface area contributed by atoms with Crippen molar-refractivity contribution in [1.82, 2.24) is 0 Å². The van der Waals surface area contributed by atoms with E-state index in [0.717, 1.165) is 11.1 Å². The van der Waals surface area contributed by atoms with Crippen molar-refractivity contribution in [1.29, 1.82) is 0 Å². The third kappa shape index (κ3) is 7.05. The van der Waals surface area contributed by atoms with E-state index in [1.54, 1.807) is 60.7 Å². The van der Waals surface area contributed by atoms with Gasteiger partial charge in [0.25, 0.3) is 5.91 Å². The summed E-state index contributed by atoms with van der Waals surface area (Å²) < 4.78 is -1.10. The molecule has 0 saturated heterocycles. The summed E-state index contributed by atoms with van der Waals surface area (Å²) >= 11 is 31.9. The van der Waals surface area contributed by atoms with Gasteiger partial charge in [0.15, 0.2) is 0 Å². The smallest absolute Gasteiger partial charge is 0.257 e. The first-order valence-electron chi connectivity index (χ1n) is 12.9. The van der Waals surface area contributed by atoms with Gasteiger partial charge < -0.3 is 16.0 Å². The molecular formula is C32H24Cl5N3O2. The van der Waals surface area contributed by atoms with Crippen LogP contribution in [0, 0.1) is 5.92 Å². The van der Waals surface area contributed by atoms with Crippen molar-refractivity contribution in [3.63, 3.8) is 0 Å². The highest BCUT2D eigenvalue weighted by atomic mass is 35.5. The topological polar surface area (TPSA) is 70.2 Å². The van der Waals surface area contributed by atoms with Crippen molar-refractivity contribution >= 4 is 86.9 Å². The molecule has 1 fully saturated rings. The molecule has 2 atom stereocenters. The number of benzene rings is 4. The van der Waals surface area contributed by atoms with Crippen molar-refractivity contribution in [2.45, 2.75) is 16.7 Å². The number of rotatable bonds is 9. The number of hydrogen-bond donors (Lipinski definition) is 3. The Balaban J connectivity index is 1.21. The second-order valence-electron chi connectivity index (χ2n) is 9.92. The maximum Gasteiger partial charge on any atom is 0.257 e. The van der Waals surface area contributed by atoms with Crippen LogP contribution in [0.5, 0.6) is 0 Å². The van der Waals surface area contributed by atoms with Crippen LogP contribution in [0.3, 0.4) is 0 Å². The molecule has 1 aliphatic rings. The van der Waals surface area contributed by atoms with E-state index in [0.29, 0.717) is 32.8 Å². The molecule has 0 aromatic heterocycles. The minimum absolute atomic E-state index is 0.134. The Hall–Kier alpha value is -3.19. The normalized spacial score (nSPS) is 16.8. The monoisotopic (exact) mass is 657 g/mol. The van der Waals surface area contributed by atoms with Crippen molar-refractivity contribution in [2.24, 2.45) is 5.92 Å².